The third-order valence-corrected chi connectivity index (χ3v) is 5.58. The van der Waals surface area contributed by atoms with Gasteiger partial charge in [0.05, 0.1) is 24.9 Å². The van der Waals surface area contributed by atoms with Crippen LogP contribution in [0.5, 0.6) is 11.5 Å². The summed E-state index contributed by atoms with van der Waals surface area (Å²) in [6, 6.07) is 4.60. The minimum absolute atomic E-state index is 0.118. The molecule has 3 rings (SSSR count). The van der Waals surface area contributed by atoms with Crippen LogP contribution in [0.25, 0.3) is 0 Å². The standard InChI is InChI=1S/C20H25N3O4S/c1-13-22-15(12-28-13)6-7-21-19(24)18-5-4-8-23(18)20(25)14-9-16(26-2)11-17(10-14)27-3/h9-12,18H,4-8H2,1-3H3,(H,21,24). The average Bonchev–Trinajstić information content (AvgIpc) is 3.36. The van der Waals surface area contributed by atoms with E-state index in [1.807, 2.05) is 12.3 Å². The number of hydrogen-bond acceptors (Lipinski definition) is 6. The molecular weight excluding hydrogens is 378 g/mol. The second kappa shape index (κ2) is 9.05. The number of nitrogens with one attached hydrogen (secondary N) is 1. The van der Waals surface area contributed by atoms with E-state index in [0.717, 1.165) is 17.1 Å². The van der Waals surface area contributed by atoms with Gasteiger partial charge < -0.3 is 19.7 Å². The van der Waals surface area contributed by atoms with Crippen LogP contribution in [0.2, 0.25) is 0 Å². The Morgan fingerprint density at radius 1 is 1.25 bits per heavy atom. The van der Waals surface area contributed by atoms with Crippen molar-refractivity contribution in [2.75, 3.05) is 27.3 Å². The quantitative estimate of drug-likeness (QED) is 0.768. The Bertz CT molecular complexity index is 829. The van der Waals surface area contributed by atoms with Crippen LogP contribution >= 0.6 is 11.3 Å². The molecule has 1 aromatic carbocycles. The SMILES string of the molecule is COc1cc(OC)cc(C(=O)N2CCCC2C(=O)NCCc2csc(C)n2)c1. The summed E-state index contributed by atoms with van der Waals surface area (Å²) in [6.07, 6.45) is 2.15. The minimum Gasteiger partial charge on any atom is -0.497 e. The highest BCUT2D eigenvalue weighted by molar-refractivity contribution is 7.09. The van der Waals surface area contributed by atoms with Crippen molar-refractivity contribution >= 4 is 23.2 Å². The monoisotopic (exact) mass is 403 g/mol. The number of carbonyl (C=O) groups excluding carboxylic acids is 2. The first-order valence-corrected chi connectivity index (χ1v) is 10.1. The van der Waals surface area contributed by atoms with Crippen LogP contribution in [0.15, 0.2) is 23.6 Å². The first-order chi connectivity index (χ1) is 13.5. The Kier molecular flexibility index (Phi) is 6.51. The molecule has 0 spiro atoms. The fraction of sp³-hybridized carbons (Fsp3) is 0.450. The first-order valence-electron chi connectivity index (χ1n) is 9.24. The van der Waals surface area contributed by atoms with E-state index >= 15 is 0 Å². The number of aryl methyl sites for hydroxylation is 1. The van der Waals surface area contributed by atoms with Crippen molar-refractivity contribution in [1.82, 2.24) is 15.2 Å². The molecule has 1 unspecified atom stereocenters. The topological polar surface area (TPSA) is 80.8 Å². The number of benzene rings is 1. The molecule has 2 heterocycles. The van der Waals surface area contributed by atoms with Gasteiger partial charge in [-0.05, 0) is 31.9 Å². The van der Waals surface area contributed by atoms with Crippen molar-refractivity contribution in [2.24, 2.45) is 0 Å². The molecule has 8 heteroatoms. The first kappa shape index (κ1) is 20.1. The molecule has 0 aliphatic carbocycles. The van der Waals surface area contributed by atoms with E-state index in [4.69, 9.17) is 9.47 Å². The number of thiazole rings is 1. The molecule has 7 nitrogen and oxygen atoms in total. The van der Waals surface area contributed by atoms with E-state index in [-0.39, 0.29) is 11.8 Å². The predicted molar refractivity (Wildman–Crippen MR) is 107 cm³/mol. The summed E-state index contributed by atoms with van der Waals surface area (Å²) in [5.41, 5.74) is 1.43. The fourth-order valence-corrected chi connectivity index (χ4v) is 3.98. The zero-order chi connectivity index (χ0) is 20.1. The summed E-state index contributed by atoms with van der Waals surface area (Å²) in [7, 11) is 3.08. The third-order valence-electron chi connectivity index (χ3n) is 4.76. The number of rotatable bonds is 7. The number of amides is 2. The van der Waals surface area contributed by atoms with Crippen LogP contribution in [-0.2, 0) is 11.2 Å². The second-order valence-electron chi connectivity index (χ2n) is 6.66. The largest absolute Gasteiger partial charge is 0.497 e. The van der Waals surface area contributed by atoms with E-state index in [0.29, 0.717) is 43.0 Å². The van der Waals surface area contributed by atoms with Gasteiger partial charge in [-0.1, -0.05) is 0 Å². The van der Waals surface area contributed by atoms with Crippen LogP contribution < -0.4 is 14.8 Å². The average molecular weight is 404 g/mol. The van der Waals surface area contributed by atoms with Crippen LogP contribution in [-0.4, -0.2) is 55.0 Å². The zero-order valence-electron chi connectivity index (χ0n) is 16.4. The molecule has 0 radical (unpaired) electrons. The lowest BCUT2D eigenvalue weighted by atomic mass is 10.1. The zero-order valence-corrected chi connectivity index (χ0v) is 17.2. The van der Waals surface area contributed by atoms with Crippen LogP contribution in [0.4, 0.5) is 0 Å². The Balaban J connectivity index is 1.64. The highest BCUT2D eigenvalue weighted by Gasteiger charge is 2.34. The summed E-state index contributed by atoms with van der Waals surface area (Å²) in [5, 5.41) is 5.97. The van der Waals surface area contributed by atoms with Gasteiger partial charge in [0, 0.05) is 36.5 Å². The maximum absolute atomic E-state index is 13.0. The smallest absolute Gasteiger partial charge is 0.254 e. The van der Waals surface area contributed by atoms with Crippen molar-refractivity contribution in [1.29, 1.82) is 0 Å². The Morgan fingerprint density at radius 3 is 2.57 bits per heavy atom. The molecule has 1 N–H and O–H groups in total. The van der Waals surface area contributed by atoms with Gasteiger partial charge in [0.1, 0.15) is 17.5 Å². The van der Waals surface area contributed by atoms with Crippen LogP contribution in [0.1, 0.15) is 33.9 Å². The van der Waals surface area contributed by atoms with Gasteiger partial charge in [0.2, 0.25) is 5.91 Å². The molecule has 1 aliphatic heterocycles. The summed E-state index contributed by atoms with van der Waals surface area (Å²) >= 11 is 1.60. The summed E-state index contributed by atoms with van der Waals surface area (Å²) < 4.78 is 10.5. The molecule has 2 amide bonds. The van der Waals surface area contributed by atoms with Gasteiger partial charge >= 0.3 is 0 Å². The number of nitrogens with zero attached hydrogens (tertiary/aromatic N) is 2. The minimum atomic E-state index is -0.457. The van der Waals surface area contributed by atoms with Gasteiger partial charge in [-0.25, -0.2) is 4.98 Å². The molecule has 1 atom stereocenters. The summed E-state index contributed by atoms with van der Waals surface area (Å²) in [5.74, 6) is 0.778. The molecule has 1 fully saturated rings. The fourth-order valence-electron chi connectivity index (χ4n) is 3.33. The van der Waals surface area contributed by atoms with Crippen molar-refractivity contribution in [3.8, 4) is 11.5 Å². The van der Waals surface area contributed by atoms with E-state index in [2.05, 4.69) is 10.3 Å². The number of carbonyl (C=O) groups is 2. The van der Waals surface area contributed by atoms with Gasteiger partial charge in [-0.3, -0.25) is 9.59 Å². The second-order valence-corrected chi connectivity index (χ2v) is 7.72. The highest BCUT2D eigenvalue weighted by Crippen LogP contribution is 2.26. The molecule has 150 valence electrons. The number of aromatic nitrogens is 1. The van der Waals surface area contributed by atoms with Crippen molar-refractivity contribution in [2.45, 2.75) is 32.2 Å². The number of ether oxygens (including phenoxy) is 2. The molecule has 1 saturated heterocycles. The van der Waals surface area contributed by atoms with E-state index < -0.39 is 6.04 Å². The van der Waals surface area contributed by atoms with E-state index in [1.54, 1.807) is 48.7 Å². The molecule has 0 saturated carbocycles. The van der Waals surface area contributed by atoms with Gasteiger partial charge in [-0.2, -0.15) is 0 Å². The lowest BCUT2D eigenvalue weighted by Gasteiger charge is -2.24. The highest BCUT2D eigenvalue weighted by atomic mass is 32.1. The van der Waals surface area contributed by atoms with Gasteiger partial charge in [-0.15, -0.1) is 11.3 Å². The van der Waals surface area contributed by atoms with E-state index in [9.17, 15) is 9.59 Å². The Labute approximate surface area is 168 Å². The third kappa shape index (κ3) is 4.62. The van der Waals surface area contributed by atoms with E-state index in [1.165, 1.54) is 0 Å². The molecular formula is C20H25N3O4S. The maximum atomic E-state index is 13.0. The van der Waals surface area contributed by atoms with Crippen LogP contribution in [0, 0.1) is 6.92 Å². The van der Waals surface area contributed by atoms with Crippen molar-refractivity contribution in [3.63, 3.8) is 0 Å². The lowest BCUT2D eigenvalue weighted by molar-refractivity contribution is -0.124. The number of hydrogen-bond donors (Lipinski definition) is 1. The molecule has 1 aliphatic rings. The molecule has 2 aromatic rings. The maximum Gasteiger partial charge on any atom is 0.254 e. The number of methoxy groups -OCH3 is 2. The van der Waals surface area contributed by atoms with Crippen LogP contribution in [0.3, 0.4) is 0 Å². The summed E-state index contributed by atoms with van der Waals surface area (Å²) in [4.78, 5) is 31.7. The lowest BCUT2D eigenvalue weighted by Crippen LogP contribution is -2.46. The predicted octanol–water partition coefficient (Wildman–Crippen LogP) is 2.43. The summed E-state index contributed by atoms with van der Waals surface area (Å²) in [6.45, 7) is 3.03. The Hall–Kier alpha value is -2.61. The van der Waals surface area contributed by atoms with Gasteiger partial charge in [0.25, 0.3) is 5.91 Å². The van der Waals surface area contributed by atoms with Crippen molar-refractivity contribution < 1.29 is 19.1 Å². The van der Waals surface area contributed by atoms with Gasteiger partial charge in [0.15, 0.2) is 0 Å². The van der Waals surface area contributed by atoms with Crippen molar-refractivity contribution in [3.05, 3.63) is 39.8 Å². The molecule has 28 heavy (non-hydrogen) atoms. The normalized spacial score (nSPS) is 16.1. The number of likely N-dealkylation sites (tertiary alicyclic amines) is 1. The molecule has 1 aromatic heterocycles. The Morgan fingerprint density at radius 2 is 1.96 bits per heavy atom. The molecule has 0 bridgehead atoms.